The van der Waals surface area contributed by atoms with Crippen LogP contribution in [-0.4, -0.2) is 15.5 Å². The van der Waals surface area contributed by atoms with E-state index in [2.05, 4.69) is 24.1 Å². The van der Waals surface area contributed by atoms with Crippen LogP contribution in [0.1, 0.15) is 46.6 Å². The van der Waals surface area contributed by atoms with Crippen molar-refractivity contribution in [1.82, 2.24) is 9.55 Å². The molecule has 2 heterocycles. The highest BCUT2D eigenvalue weighted by atomic mass is 16.2. The molecule has 0 aliphatic rings. The van der Waals surface area contributed by atoms with Crippen LogP contribution in [0.3, 0.4) is 0 Å². The van der Waals surface area contributed by atoms with Crippen LogP contribution in [0.15, 0.2) is 77.9 Å². The number of aryl methyl sites for hydroxylation is 4. The first kappa shape index (κ1) is 23.2. The van der Waals surface area contributed by atoms with Crippen LogP contribution < -0.4 is 10.7 Å². The third-order valence-electron chi connectivity index (χ3n) is 6.11. The van der Waals surface area contributed by atoms with Crippen molar-refractivity contribution in [3.63, 3.8) is 0 Å². The quantitative estimate of drug-likeness (QED) is 0.397. The van der Waals surface area contributed by atoms with Gasteiger partial charge in [0.1, 0.15) is 5.56 Å². The molecule has 0 aliphatic carbocycles. The molecule has 5 heteroatoms. The van der Waals surface area contributed by atoms with Gasteiger partial charge >= 0.3 is 0 Å². The number of carbonyl (C=O) groups excluding carboxylic acids is 1. The zero-order valence-electron chi connectivity index (χ0n) is 20.1. The molecule has 0 fully saturated rings. The molecule has 34 heavy (non-hydrogen) atoms. The van der Waals surface area contributed by atoms with Gasteiger partial charge in [-0.3, -0.25) is 14.6 Å². The lowest BCUT2D eigenvalue weighted by atomic mass is 10.0. The third kappa shape index (κ3) is 4.42. The molecule has 2 aromatic carbocycles. The molecule has 4 rings (SSSR count). The number of nitrogens with zero attached hydrogens (tertiary/aromatic N) is 2. The van der Waals surface area contributed by atoms with Crippen molar-refractivity contribution in [3.05, 3.63) is 111 Å². The summed E-state index contributed by atoms with van der Waals surface area (Å²) in [5, 5.41) is 3.09. The summed E-state index contributed by atoms with van der Waals surface area (Å²) < 4.78 is 1.97. The van der Waals surface area contributed by atoms with Crippen molar-refractivity contribution in [1.29, 1.82) is 0 Å². The van der Waals surface area contributed by atoms with Gasteiger partial charge in [0.15, 0.2) is 5.43 Å². The van der Waals surface area contributed by atoms with Gasteiger partial charge in [0, 0.05) is 41.1 Å². The molecular formula is C29H29N3O2. The molecular weight excluding hydrogens is 422 g/mol. The molecule has 5 nitrogen and oxygen atoms in total. The average molecular weight is 452 g/mol. The SMILES string of the molecule is CCc1cccc(CC)c1NC(=O)c1c(-c2ccncc2)n(-c2ccc(C)cc2)c(C)cc1=O. The van der Waals surface area contributed by atoms with Crippen molar-refractivity contribution in [2.45, 2.75) is 40.5 Å². The van der Waals surface area contributed by atoms with Gasteiger partial charge in [-0.05, 0) is 62.1 Å². The predicted molar refractivity (Wildman–Crippen MR) is 138 cm³/mol. The molecule has 0 saturated heterocycles. The maximum Gasteiger partial charge on any atom is 0.261 e. The van der Waals surface area contributed by atoms with Crippen molar-refractivity contribution in [2.24, 2.45) is 0 Å². The normalized spacial score (nSPS) is 10.8. The highest BCUT2D eigenvalue weighted by Crippen LogP contribution is 2.29. The first-order valence-electron chi connectivity index (χ1n) is 11.6. The van der Waals surface area contributed by atoms with Crippen LogP contribution in [0.4, 0.5) is 5.69 Å². The zero-order valence-corrected chi connectivity index (χ0v) is 20.1. The van der Waals surface area contributed by atoms with E-state index in [0.717, 1.165) is 52.2 Å². The number of carbonyl (C=O) groups is 1. The molecule has 0 aliphatic heterocycles. The summed E-state index contributed by atoms with van der Waals surface area (Å²) in [7, 11) is 0. The molecule has 0 spiro atoms. The molecule has 172 valence electrons. The summed E-state index contributed by atoms with van der Waals surface area (Å²) in [5.74, 6) is -0.409. The van der Waals surface area contributed by atoms with E-state index >= 15 is 0 Å². The number of hydrogen-bond acceptors (Lipinski definition) is 3. The fourth-order valence-corrected chi connectivity index (χ4v) is 4.34. The summed E-state index contributed by atoms with van der Waals surface area (Å²) in [5.41, 5.74) is 6.76. The third-order valence-corrected chi connectivity index (χ3v) is 6.11. The van der Waals surface area contributed by atoms with Crippen LogP contribution in [0, 0.1) is 13.8 Å². The van der Waals surface area contributed by atoms with Crippen molar-refractivity contribution in [2.75, 3.05) is 5.32 Å². The van der Waals surface area contributed by atoms with E-state index in [9.17, 15) is 9.59 Å². The molecule has 4 aromatic rings. The number of hydrogen-bond donors (Lipinski definition) is 1. The van der Waals surface area contributed by atoms with Crippen molar-refractivity contribution < 1.29 is 4.79 Å². The minimum atomic E-state index is -0.409. The first-order valence-corrected chi connectivity index (χ1v) is 11.6. The van der Waals surface area contributed by atoms with E-state index in [4.69, 9.17) is 0 Å². The maximum absolute atomic E-state index is 13.8. The van der Waals surface area contributed by atoms with E-state index in [0.29, 0.717) is 5.69 Å². The second-order valence-electron chi connectivity index (χ2n) is 8.39. The highest BCUT2D eigenvalue weighted by Gasteiger charge is 2.23. The van der Waals surface area contributed by atoms with E-state index < -0.39 is 5.91 Å². The highest BCUT2D eigenvalue weighted by molar-refractivity contribution is 6.09. The second-order valence-corrected chi connectivity index (χ2v) is 8.39. The largest absolute Gasteiger partial charge is 0.321 e. The number of benzene rings is 2. The fraction of sp³-hybridized carbons (Fsp3) is 0.207. The Kier molecular flexibility index (Phi) is 6.73. The van der Waals surface area contributed by atoms with Gasteiger partial charge in [-0.25, -0.2) is 0 Å². The number of pyridine rings is 2. The minimum absolute atomic E-state index is 0.116. The second kappa shape index (κ2) is 9.87. The molecule has 0 unspecified atom stereocenters. The van der Waals surface area contributed by atoms with Crippen molar-refractivity contribution >= 4 is 11.6 Å². The summed E-state index contributed by atoms with van der Waals surface area (Å²) in [6.07, 6.45) is 4.90. The Morgan fingerprint density at radius 1 is 0.912 bits per heavy atom. The van der Waals surface area contributed by atoms with E-state index in [1.54, 1.807) is 12.4 Å². The van der Waals surface area contributed by atoms with Crippen LogP contribution in [0.2, 0.25) is 0 Å². The summed E-state index contributed by atoms with van der Waals surface area (Å²) in [6.45, 7) is 8.03. The van der Waals surface area contributed by atoms with Gasteiger partial charge in [-0.15, -0.1) is 0 Å². The first-order chi connectivity index (χ1) is 16.4. The van der Waals surface area contributed by atoms with E-state index in [1.165, 1.54) is 6.07 Å². The molecule has 1 amide bonds. The number of anilines is 1. The van der Waals surface area contributed by atoms with Gasteiger partial charge in [-0.1, -0.05) is 49.7 Å². The van der Waals surface area contributed by atoms with Gasteiger partial charge in [0.2, 0.25) is 0 Å². The summed E-state index contributed by atoms with van der Waals surface area (Å²) >= 11 is 0. The van der Waals surface area contributed by atoms with E-state index in [1.807, 2.05) is 73.0 Å². The van der Waals surface area contributed by atoms with Crippen LogP contribution >= 0.6 is 0 Å². The Hall–Kier alpha value is -3.99. The Morgan fingerprint density at radius 2 is 1.53 bits per heavy atom. The molecule has 0 radical (unpaired) electrons. The van der Waals surface area contributed by atoms with Gasteiger partial charge < -0.3 is 9.88 Å². The standard InChI is InChI=1S/C29H29N3O2/c1-5-21-8-7-9-22(6-2)27(21)31-29(34)26-25(33)18-20(4)32(24-12-10-19(3)11-13-24)28(26)23-14-16-30-17-15-23/h7-18H,5-6H2,1-4H3,(H,31,34). The Bertz CT molecular complexity index is 1370. The summed E-state index contributed by atoms with van der Waals surface area (Å²) in [6, 6.07) is 19.3. The fourth-order valence-electron chi connectivity index (χ4n) is 4.34. The average Bonchev–Trinajstić information content (AvgIpc) is 2.85. The van der Waals surface area contributed by atoms with Crippen LogP contribution in [0.25, 0.3) is 16.9 Å². The Labute approximate surface area is 200 Å². The number of amides is 1. The van der Waals surface area contributed by atoms with Gasteiger partial charge in [0.05, 0.1) is 5.69 Å². The lowest BCUT2D eigenvalue weighted by molar-refractivity contribution is 0.102. The predicted octanol–water partition coefficient (Wildman–Crippen LogP) is 5.89. The Balaban J connectivity index is 1.97. The smallest absolute Gasteiger partial charge is 0.261 e. The van der Waals surface area contributed by atoms with E-state index in [-0.39, 0.29) is 11.0 Å². The van der Waals surface area contributed by atoms with Crippen LogP contribution in [-0.2, 0) is 12.8 Å². The summed E-state index contributed by atoms with van der Waals surface area (Å²) in [4.78, 5) is 31.2. The molecule has 0 atom stereocenters. The number of nitrogens with one attached hydrogen (secondary N) is 1. The molecule has 0 bridgehead atoms. The monoisotopic (exact) mass is 451 g/mol. The Morgan fingerprint density at radius 3 is 2.12 bits per heavy atom. The van der Waals surface area contributed by atoms with Crippen molar-refractivity contribution in [3.8, 4) is 16.9 Å². The number of para-hydroxylation sites is 1. The van der Waals surface area contributed by atoms with Gasteiger partial charge in [0.25, 0.3) is 5.91 Å². The number of rotatable bonds is 6. The molecule has 1 N–H and O–H groups in total. The van der Waals surface area contributed by atoms with Gasteiger partial charge in [-0.2, -0.15) is 0 Å². The lowest BCUT2D eigenvalue weighted by Gasteiger charge is -2.21. The number of aromatic nitrogens is 2. The molecule has 2 aromatic heterocycles. The van der Waals surface area contributed by atoms with Crippen LogP contribution in [0.5, 0.6) is 0 Å². The minimum Gasteiger partial charge on any atom is -0.321 e. The lowest BCUT2D eigenvalue weighted by Crippen LogP contribution is -2.27. The maximum atomic E-state index is 13.8. The zero-order chi connectivity index (χ0) is 24.2. The molecule has 0 saturated carbocycles. The topological polar surface area (TPSA) is 64.0 Å².